The first-order chi connectivity index (χ1) is 9.58. The van der Waals surface area contributed by atoms with Crippen LogP contribution in [0.5, 0.6) is 0 Å². The molecule has 114 valence electrons. The smallest absolute Gasteiger partial charge is 0.222 e. The molecule has 1 saturated carbocycles. The Hall–Kier alpha value is -1.10. The molecule has 0 aromatic rings. The van der Waals surface area contributed by atoms with E-state index in [1.807, 2.05) is 4.90 Å². The molecule has 2 N–H and O–H groups in total. The van der Waals surface area contributed by atoms with Gasteiger partial charge in [-0.1, -0.05) is 19.8 Å². The van der Waals surface area contributed by atoms with Crippen molar-refractivity contribution in [3.8, 4) is 0 Å². The molecule has 0 aromatic carbocycles. The summed E-state index contributed by atoms with van der Waals surface area (Å²) in [4.78, 5) is 27.6. The molecule has 1 atom stereocenters. The Bertz CT molecular complexity index is 345. The highest BCUT2D eigenvalue weighted by molar-refractivity contribution is 5.79. The zero-order valence-corrected chi connectivity index (χ0v) is 12.5. The highest BCUT2D eigenvalue weighted by Crippen LogP contribution is 2.24. The fourth-order valence-corrected chi connectivity index (χ4v) is 3.25. The Morgan fingerprint density at radius 3 is 2.30 bits per heavy atom. The van der Waals surface area contributed by atoms with E-state index in [0.29, 0.717) is 12.8 Å². The van der Waals surface area contributed by atoms with Gasteiger partial charge >= 0.3 is 0 Å². The first-order valence-electron chi connectivity index (χ1n) is 7.89. The van der Waals surface area contributed by atoms with Crippen molar-refractivity contribution in [2.45, 2.75) is 51.5 Å². The number of hydrogen-bond donors (Lipinski definition) is 1. The van der Waals surface area contributed by atoms with Crippen molar-refractivity contribution in [2.75, 3.05) is 26.2 Å². The van der Waals surface area contributed by atoms with Gasteiger partial charge in [-0.05, 0) is 19.3 Å². The van der Waals surface area contributed by atoms with E-state index in [1.54, 1.807) is 6.92 Å². The van der Waals surface area contributed by atoms with E-state index >= 15 is 0 Å². The van der Waals surface area contributed by atoms with Crippen LogP contribution in [0.15, 0.2) is 0 Å². The van der Waals surface area contributed by atoms with E-state index in [-0.39, 0.29) is 17.7 Å². The molecular formula is C15H27N3O2. The van der Waals surface area contributed by atoms with Gasteiger partial charge in [-0.15, -0.1) is 0 Å². The third kappa shape index (κ3) is 3.95. The lowest BCUT2D eigenvalue weighted by Gasteiger charge is -2.38. The van der Waals surface area contributed by atoms with Crippen molar-refractivity contribution in [2.24, 2.45) is 11.7 Å². The molecule has 5 nitrogen and oxygen atoms in total. The SMILES string of the molecule is C[C@@H](CCC(=O)N1CCN(C2CCCC2)CC1)C(N)=O. The highest BCUT2D eigenvalue weighted by atomic mass is 16.2. The average molecular weight is 281 g/mol. The van der Waals surface area contributed by atoms with Crippen LogP contribution >= 0.6 is 0 Å². The predicted octanol–water partition coefficient (Wildman–Crippen LogP) is 0.975. The van der Waals surface area contributed by atoms with Gasteiger partial charge in [-0.3, -0.25) is 14.5 Å². The number of amides is 2. The van der Waals surface area contributed by atoms with E-state index in [2.05, 4.69) is 4.90 Å². The monoisotopic (exact) mass is 281 g/mol. The summed E-state index contributed by atoms with van der Waals surface area (Å²) >= 11 is 0. The Morgan fingerprint density at radius 1 is 1.15 bits per heavy atom. The quantitative estimate of drug-likeness (QED) is 0.816. The van der Waals surface area contributed by atoms with Crippen LogP contribution in [-0.4, -0.2) is 53.8 Å². The van der Waals surface area contributed by atoms with Crippen molar-refractivity contribution in [3.63, 3.8) is 0 Å². The molecule has 5 heteroatoms. The van der Waals surface area contributed by atoms with Crippen LogP contribution < -0.4 is 5.73 Å². The second-order valence-corrected chi connectivity index (χ2v) is 6.20. The minimum Gasteiger partial charge on any atom is -0.369 e. The molecule has 2 amide bonds. The number of piperazine rings is 1. The fraction of sp³-hybridized carbons (Fsp3) is 0.867. The van der Waals surface area contributed by atoms with Gasteiger partial charge in [0.1, 0.15) is 0 Å². The maximum Gasteiger partial charge on any atom is 0.222 e. The average Bonchev–Trinajstić information content (AvgIpc) is 2.98. The van der Waals surface area contributed by atoms with Crippen molar-refractivity contribution >= 4 is 11.8 Å². The van der Waals surface area contributed by atoms with Gasteiger partial charge in [0.05, 0.1) is 0 Å². The van der Waals surface area contributed by atoms with Gasteiger partial charge in [-0.2, -0.15) is 0 Å². The van der Waals surface area contributed by atoms with Crippen LogP contribution in [-0.2, 0) is 9.59 Å². The summed E-state index contributed by atoms with van der Waals surface area (Å²) in [6, 6.07) is 0.752. The van der Waals surface area contributed by atoms with E-state index in [4.69, 9.17) is 5.73 Å². The Labute approximate surface area is 121 Å². The van der Waals surface area contributed by atoms with Gasteiger partial charge < -0.3 is 10.6 Å². The van der Waals surface area contributed by atoms with Crippen LogP contribution in [0.25, 0.3) is 0 Å². The summed E-state index contributed by atoms with van der Waals surface area (Å²) < 4.78 is 0. The summed E-state index contributed by atoms with van der Waals surface area (Å²) in [6.07, 6.45) is 6.36. The number of nitrogens with two attached hydrogens (primary N) is 1. The minimum atomic E-state index is -0.316. The molecule has 0 aromatic heterocycles. The fourth-order valence-electron chi connectivity index (χ4n) is 3.25. The van der Waals surface area contributed by atoms with Crippen LogP contribution in [0.2, 0.25) is 0 Å². The number of primary amides is 1. The highest BCUT2D eigenvalue weighted by Gasteiger charge is 2.27. The standard InChI is InChI=1S/C15H27N3O2/c1-12(15(16)20)6-7-14(19)18-10-8-17(9-11-18)13-4-2-3-5-13/h12-13H,2-11H2,1H3,(H2,16,20)/t12-/m0/s1. The molecule has 1 heterocycles. The summed E-state index contributed by atoms with van der Waals surface area (Å²) in [5.41, 5.74) is 5.22. The number of carbonyl (C=O) groups excluding carboxylic acids is 2. The lowest BCUT2D eigenvalue weighted by atomic mass is 10.0. The molecule has 0 unspecified atom stereocenters. The van der Waals surface area contributed by atoms with Crippen LogP contribution in [0.4, 0.5) is 0 Å². The lowest BCUT2D eigenvalue weighted by Crippen LogP contribution is -2.51. The molecule has 0 radical (unpaired) electrons. The number of carbonyl (C=O) groups is 2. The molecule has 1 aliphatic carbocycles. The summed E-state index contributed by atoms with van der Waals surface area (Å²) in [5.74, 6) is -0.355. The first kappa shape index (κ1) is 15.3. The van der Waals surface area contributed by atoms with Gasteiger partial charge in [-0.25, -0.2) is 0 Å². The minimum absolute atomic E-state index is 0.171. The molecule has 1 aliphatic heterocycles. The van der Waals surface area contributed by atoms with Gasteiger partial charge in [0, 0.05) is 44.6 Å². The molecule has 0 spiro atoms. The van der Waals surface area contributed by atoms with Gasteiger partial charge in [0.15, 0.2) is 0 Å². The van der Waals surface area contributed by atoms with E-state index in [1.165, 1.54) is 25.7 Å². The summed E-state index contributed by atoms with van der Waals surface area (Å²) in [6.45, 7) is 5.46. The Kier molecular flexibility index (Phi) is 5.40. The maximum absolute atomic E-state index is 12.1. The van der Waals surface area contributed by atoms with Crippen LogP contribution in [0.1, 0.15) is 45.4 Å². The van der Waals surface area contributed by atoms with Gasteiger partial charge in [0.2, 0.25) is 11.8 Å². The Balaban J connectivity index is 1.70. The van der Waals surface area contributed by atoms with Crippen molar-refractivity contribution in [1.29, 1.82) is 0 Å². The van der Waals surface area contributed by atoms with E-state index in [9.17, 15) is 9.59 Å². The lowest BCUT2D eigenvalue weighted by molar-refractivity contribution is -0.133. The largest absolute Gasteiger partial charge is 0.369 e. The predicted molar refractivity (Wildman–Crippen MR) is 78.0 cm³/mol. The zero-order chi connectivity index (χ0) is 14.5. The van der Waals surface area contributed by atoms with Crippen LogP contribution in [0, 0.1) is 5.92 Å². The molecule has 1 saturated heterocycles. The van der Waals surface area contributed by atoms with Gasteiger partial charge in [0.25, 0.3) is 0 Å². The number of hydrogen-bond acceptors (Lipinski definition) is 3. The topological polar surface area (TPSA) is 66.6 Å². The zero-order valence-electron chi connectivity index (χ0n) is 12.5. The second-order valence-electron chi connectivity index (χ2n) is 6.20. The van der Waals surface area contributed by atoms with E-state index in [0.717, 1.165) is 32.2 Å². The molecule has 2 rings (SSSR count). The molecular weight excluding hydrogens is 254 g/mol. The van der Waals surface area contributed by atoms with Crippen molar-refractivity contribution < 1.29 is 9.59 Å². The molecule has 0 bridgehead atoms. The summed E-state index contributed by atoms with van der Waals surface area (Å²) in [5, 5.41) is 0. The first-order valence-corrected chi connectivity index (χ1v) is 7.89. The third-order valence-electron chi connectivity index (χ3n) is 4.78. The third-order valence-corrected chi connectivity index (χ3v) is 4.78. The normalized spacial score (nSPS) is 22.9. The van der Waals surface area contributed by atoms with Crippen LogP contribution in [0.3, 0.4) is 0 Å². The molecule has 2 fully saturated rings. The molecule has 2 aliphatic rings. The number of rotatable bonds is 5. The van der Waals surface area contributed by atoms with E-state index < -0.39 is 0 Å². The summed E-state index contributed by atoms with van der Waals surface area (Å²) in [7, 11) is 0. The van der Waals surface area contributed by atoms with Crippen molar-refractivity contribution in [3.05, 3.63) is 0 Å². The second kappa shape index (κ2) is 7.07. The number of nitrogens with zero attached hydrogens (tertiary/aromatic N) is 2. The molecule has 20 heavy (non-hydrogen) atoms. The van der Waals surface area contributed by atoms with Crippen molar-refractivity contribution in [1.82, 2.24) is 9.80 Å². The Morgan fingerprint density at radius 2 is 1.75 bits per heavy atom. The maximum atomic E-state index is 12.1.